The van der Waals surface area contributed by atoms with E-state index < -0.39 is 0 Å². The molecule has 0 saturated heterocycles. The second kappa shape index (κ2) is 8.91. The minimum absolute atomic E-state index is 0.0951. The number of thioether (sulfide) groups is 1. The van der Waals surface area contributed by atoms with Crippen molar-refractivity contribution in [2.75, 3.05) is 12.4 Å². The number of carbonyl (C=O) groups is 1. The van der Waals surface area contributed by atoms with Crippen LogP contribution in [0.5, 0.6) is 0 Å². The zero-order valence-corrected chi connectivity index (χ0v) is 18.8. The monoisotopic (exact) mass is 444 g/mol. The molecule has 0 saturated carbocycles. The van der Waals surface area contributed by atoms with Crippen molar-refractivity contribution in [3.05, 3.63) is 51.1 Å². The molecule has 0 aliphatic carbocycles. The van der Waals surface area contributed by atoms with Gasteiger partial charge in [-0.3, -0.25) is 14.2 Å². The highest BCUT2D eigenvalue weighted by Crippen LogP contribution is 2.36. The van der Waals surface area contributed by atoms with Crippen LogP contribution in [-0.4, -0.2) is 34.0 Å². The van der Waals surface area contributed by atoms with Crippen LogP contribution >= 0.6 is 23.1 Å². The summed E-state index contributed by atoms with van der Waals surface area (Å²) in [7, 11) is 0. The Morgan fingerprint density at radius 2 is 2.13 bits per heavy atom. The third-order valence-electron chi connectivity index (χ3n) is 5.09. The molecule has 1 aromatic carbocycles. The second-order valence-corrected chi connectivity index (χ2v) is 9.47. The van der Waals surface area contributed by atoms with Crippen molar-refractivity contribution in [3.63, 3.8) is 0 Å². The number of fused-ring (bicyclic) bond motifs is 3. The summed E-state index contributed by atoms with van der Waals surface area (Å²) < 4.78 is 12.6. The van der Waals surface area contributed by atoms with Crippen molar-refractivity contribution in [1.82, 2.24) is 9.55 Å². The topological polar surface area (TPSA) is 70.4 Å². The molecule has 1 aliphatic heterocycles. The maximum absolute atomic E-state index is 13.7. The first-order valence-electron chi connectivity index (χ1n) is 10.0. The molecule has 158 valence electrons. The van der Waals surface area contributed by atoms with Gasteiger partial charge in [0.1, 0.15) is 4.83 Å². The summed E-state index contributed by atoms with van der Waals surface area (Å²) in [6.07, 6.45) is 0.811. The third-order valence-corrected chi connectivity index (χ3v) is 7.11. The van der Waals surface area contributed by atoms with E-state index in [1.165, 1.54) is 23.1 Å². The van der Waals surface area contributed by atoms with Gasteiger partial charge in [-0.05, 0) is 30.5 Å². The SMILES string of the molecule is CCOC(=O)CSc1nc2sc3c(c2c(=O)n1-c1ccccc1)C[C@@H](C(C)C)OC3. The molecule has 0 fully saturated rings. The number of hydrogen-bond acceptors (Lipinski definition) is 7. The van der Waals surface area contributed by atoms with Crippen molar-refractivity contribution in [1.29, 1.82) is 0 Å². The van der Waals surface area contributed by atoms with Crippen LogP contribution in [0.3, 0.4) is 0 Å². The van der Waals surface area contributed by atoms with Crippen LogP contribution in [0, 0.1) is 5.92 Å². The lowest BCUT2D eigenvalue weighted by Gasteiger charge is -2.26. The Labute approximate surface area is 183 Å². The fourth-order valence-electron chi connectivity index (χ4n) is 3.56. The minimum atomic E-state index is -0.324. The number of nitrogens with zero attached hydrogens (tertiary/aromatic N) is 2. The Balaban J connectivity index is 1.85. The summed E-state index contributed by atoms with van der Waals surface area (Å²) in [6, 6.07) is 9.43. The van der Waals surface area contributed by atoms with Crippen molar-refractivity contribution in [2.24, 2.45) is 5.92 Å². The molecule has 0 bridgehead atoms. The van der Waals surface area contributed by atoms with E-state index in [9.17, 15) is 9.59 Å². The van der Waals surface area contributed by atoms with Gasteiger partial charge in [-0.25, -0.2) is 4.98 Å². The van der Waals surface area contributed by atoms with E-state index in [1.807, 2.05) is 30.3 Å². The van der Waals surface area contributed by atoms with Crippen LogP contribution in [0.4, 0.5) is 0 Å². The van der Waals surface area contributed by atoms with Crippen molar-refractivity contribution >= 4 is 39.3 Å². The number of esters is 1. The molecule has 0 unspecified atom stereocenters. The maximum atomic E-state index is 13.7. The summed E-state index contributed by atoms with van der Waals surface area (Å²) in [6.45, 7) is 6.88. The Morgan fingerprint density at radius 1 is 1.37 bits per heavy atom. The van der Waals surface area contributed by atoms with E-state index in [2.05, 4.69) is 13.8 Å². The van der Waals surface area contributed by atoms with Crippen molar-refractivity contribution in [3.8, 4) is 5.69 Å². The van der Waals surface area contributed by atoms with Gasteiger partial charge >= 0.3 is 5.97 Å². The Bertz CT molecular complexity index is 1120. The number of benzene rings is 1. The number of para-hydroxylation sites is 1. The maximum Gasteiger partial charge on any atom is 0.316 e. The molecular formula is C22H24N2O4S2. The van der Waals surface area contributed by atoms with E-state index >= 15 is 0 Å². The molecular weight excluding hydrogens is 420 g/mol. The molecule has 3 aromatic rings. The first-order chi connectivity index (χ1) is 14.5. The molecule has 30 heavy (non-hydrogen) atoms. The molecule has 0 spiro atoms. The van der Waals surface area contributed by atoms with Gasteiger partial charge in [0.05, 0.1) is 36.1 Å². The number of rotatable bonds is 6. The van der Waals surface area contributed by atoms with Gasteiger partial charge in [0.25, 0.3) is 5.56 Å². The van der Waals surface area contributed by atoms with Gasteiger partial charge in [0, 0.05) is 11.3 Å². The number of carbonyl (C=O) groups excluding carboxylic acids is 1. The van der Waals surface area contributed by atoms with Gasteiger partial charge in [0.15, 0.2) is 5.16 Å². The number of ether oxygens (including phenoxy) is 2. The van der Waals surface area contributed by atoms with Gasteiger partial charge in [-0.2, -0.15) is 0 Å². The molecule has 4 rings (SSSR count). The average molecular weight is 445 g/mol. The van der Waals surface area contributed by atoms with Crippen molar-refractivity contribution < 1.29 is 14.3 Å². The molecule has 0 amide bonds. The molecule has 2 aromatic heterocycles. The van der Waals surface area contributed by atoms with Crippen LogP contribution in [0.25, 0.3) is 15.9 Å². The zero-order chi connectivity index (χ0) is 21.3. The molecule has 0 radical (unpaired) electrons. The quantitative estimate of drug-likeness (QED) is 0.322. The number of aromatic nitrogens is 2. The summed E-state index contributed by atoms with van der Waals surface area (Å²) in [5.41, 5.74) is 1.69. The molecule has 1 aliphatic rings. The summed E-state index contributed by atoms with van der Waals surface area (Å²) >= 11 is 2.73. The van der Waals surface area contributed by atoms with Gasteiger partial charge in [0.2, 0.25) is 0 Å². The zero-order valence-electron chi connectivity index (χ0n) is 17.2. The standard InChI is InChI=1S/C22H24N2O4S2/c1-4-27-18(25)12-29-22-23-20-19(21(26)24(22)14-8-6-5-7-9-14)15-10-16(13(2)3)28-11-17(15)30-20/h5-9,13,16H,4,10-12H2,1-3H3/t16-/m0/s1. The number of thiophene rings is 1. The van der Waals surface area contributed by atoms with E-state index in [1.54, 1.807) is 11.5 Å². The highest BCUT2D eigenvalue weighted by molar-refractivity contribution is 7.99. The average Bonchev–Trinajstić information content (AvgIpc) is 3.11. The fraction of sp³-hybridized carbons (Fsp3) is 0.409. The predicted molar refractivity (Wildman–Crippen MR) is 120 cm³/mol. The lowest BCUT2D eigenvalue weighted by Crippen LogP contribution is -2.28. The molecule has 8 heteroatoms. The largest absolute Gasteiger partial charge is 0.465 e. The highest BCUT2D eigenvalue weighted by atomic mass is 32.2. The molecule has 3 heterocycles. The molecule has 0 N–H and O–H groups in total. The van der Waals surface area contributed by atoms with Crippen LogP contribution in [-0.2, 0) is 27.3 Å². The van der Waals surface area contributed by atoms with E-state index in [-0.39, 0.29) is 23.4 Å². The van der Waals surface area contributed by atoms with E-state index in [0.29, 0.717) is 40.9 Å². The summed E-state index contributed by atoms with van der Waals surface area (Å²) in [4.78, 5) is 32.2. The van der Waals surface area contributed by atoms with Crippen LogP contribution in [0.15, 0.2) is 40.3 Å². The van der Waals surface area contributed by atoms with Crippen LogP contribution in [0.2, 0.25) is 0 Å². The van der Waals surface area contributed by atoms with Crippen LogP contribution in [0.1, 0.15) is 31.2 Å². The molecule has 1 atom stereocenters. The van der Waals surface area contributed by atoms with Gasteiger partial charge in [-0.15, -0.1) is 11.3 Å². The third kappa shape index (κ3) is 4.04. The lowest BCUT2D eigenvalue weighted by molar-refractivity contribution is -0.139. The Hall–Kier alpha value is -2.16. The molecule has 6 nitrogen and oxygen atoms in total. The normalized spacial score (nSPS) is 16.1. The predicted octanol–water partition coefficient (Wildman–Crippen LogP) is 4.20. The fourth-order valence-corrected chi connectivity index (χ4v) is 5.54. The number of hydrogen-bond donors (Lipinski definition) is 0. The minimum Gasteiger partial charge on any atom is -0.465 e. The first kappa shape index (κ1) is 21.1. The van der Waals surface area contributed by atoms with Gasteiger partial charge in [-0.1, -0.05) is 43.8 Å². The second-order valence-electron chi connectivity index (χ2n) is 7.45. The smallest absolute Gasteiger partial charge is 0.316 e. The lowest BCUT2D eigenvalue weighted by atomic mass is 9.96. The Kier molecular flexibility index (Phi) is 6.26. The first-order valence-corrected chi connectivity index (χ1v) is 11.8. The summed E-state index contributed by atoms with van der Waals surface area (Å²) in [5.74, 6) is 0.148. The highest BCUT2D eigenvalue weighted by Gasteiger charge is 2.28. The van der Waals surface area contributed by atoms with E-state index in [0.717, 1.165) is 16.1 Å². The van der Waals surface area contributed by atoms with Crippen molar-refractivity contribution in [2.45, 2.75) is 45.1 Å². The Morgan fingerprint density at radius 3 is 2.83 bits per heavy atom. The van der Waals surface area contributed by atoms with Crippen LogP contribution < -0.4 is 5.56 Å². The summed E-state index contributed by atoms with van der Waals surface area (Å²) in [5, 5.41) is 1.17. The van der Waals surface area contributed by atoms with E-state index in [4.69, 9.17) is 14.5 Å². The van der Waals surface area contributed by atoms with Gasteiger partial charge < -0.3 is 9.47 Å².